The zero-order valence-corrected chi connectivity index (χ0v) is 9.82. The van der Waals surface area contributed by atoms with Gasteiger partial charge in [-0.2, -0.15) is 0 Å². The van der Waals surface area contributed by atoms with Crippen LogP contribution in [0.4, 0.5) is 0 Å². The lowest BCUT2D eigenvalue weighted by Gasteiger charge is -2.28. The Morgan fingerprint density at radius 1 is 1.44 bits per heavy atom. The normalized spacial score (nSPS) is 25.6. The number of nitrogens with one attached hydrogen (secondary N) is 1. The summed E-state index contributed by atoms with van der Waals surface area (Å²) in [5, 5.41) is 13.3. The zero-order chi connectivity index (χ0) is 11.4. The van der Waals surface area contributed by atoms with Gasteiger partial charge in [0.15, 0.2) is 0 Å². The van der Waals surface area contributed by atoms with Crippen molar-refractivity contribution in [1.29, 1.82) is 0 Å². The maximum atomic E-state index is 9.84. The second kappa shape index (κ2) is 5.41. The molecule has 2 N–H and O–H groups in total. The smallest absolute Gasteiger partial charge is 0.0693 e. The number of aliphatic hydroxyl groups is 1. The summed E-state index contributed by atoms with van der Waals surface area (Å²) in [6.45, 7) is 2.83. The van der Waals surface area contributed by atoms with E-state index in [2.05, 4.69) is 16.4 Å². The summed E-state index contributed by atoms with van der Waals surface area (Å²) in [5.41, 5.74) is 2.29. The van der Waals surface area contributed by atoms with Crippen molar-refractivity contribution in [2.24, 2.45) is 0 Å². The number of aryl methyl sites for hydroxylation is 1. The van der Waals surface area contributed by atoms with Crippen molar-refractivity contribution >= 4 is 0 Å². The predicted molar refractivity (Wildman–Crippen MR) is 64.1 cm³/mol. The lowest BCUT2D eigenvalue weighted by molar-refractivity contribution is 0.0902. The summed E-state index contributed by atoms with van der Waals surface area (Å²) in [4.78, 5) is 4.26. The molecule has 0 spiro atoms. The SMILES string of the molecule is Cc1ncccc1CNC1CCCCC1O. The van der Waals surface area contributed by atoms with Gasteiger partial charge < -0.3 is 10.4 Å². The fourth-order valence-corrected chi connectivity index (χ4v) is 2.29. The Kier molecular flexibility index (Phi) is 3.91. The Hall–Kier alpha value is -0.930. The van der Waals surface area contributed by atoms with Gasteiger partial charge in [-0.15, -0.1) is 0 Å². The van der Waals surface area contributed by atoms with Gasteiger partial charge in [-0.05, 0) is 31.4 Å². The molecule has 0 amide bonds. The number of rotatable bonds is 3. The molecule has 1 fully saturated rings. The summed E-state index contributed by atoms with van der Waals surface area (Å²) in [7, 11) is 0. The first-order valence-electron chi connectivity index (χ1n) is 6.09. The molecule has 2 atom stereocenters. The molecule has 1 aromatic rings. The monoisotopic (exact) mass is 220 g/mol. The van der Waals surface area contributed by atoms with Crippen LogP contribution in [0.3, 0.4) is 0 Å². The van der Waals surface area contributed by atoms with E-state index >= 15 is 0 Å². The molecule has 0 aliphatic heterocycles. The molecule has 16 heavy (non-hydrogen) atoms. The van der Waals surface area contributed by atoms with Crippen LogP contribution < -0.4 is 5.32 Å². The van der Waals surface area contributed by atoms with Crippen LogP contribution in [-0.4, -0.2) is 22.2 Å². The third kappa shape index (κ3) is 2.80. The standard InChI is InChI=1S/C13H20N2O/c1-10-11(5-4-8-14-10)9-15-12-6-2-3-7-13(12)16/h4-5,8,12-13,15-16H,2-3,6-7,9H2,1H3. The molecule has 3 heteroatoms. The molecule has 0 saturated heterocycles. The van der Waals surface area contributed by atoms with Gasteiger partial charge >= 0.3 is 0 Å². The summed E-state index contributed by atoms with van der Waals surface area (Å²) in [6.07, 6.45) is 6.04. The van der Waals surface area contributed by atoms with E-state index in [4.69, 9.17) is 0 Å². The molecular formula is C13H20N2O. The maximum Gasteiger partial charge on any atom is 0.0693 e. The highest BCUT2D eigenvalue weighted by Gasteiger charge is 2.22. The van der Waals surface area contributed by atoms with E-state index in [0.717, 1.165) is 31.5 Å². The molecule has 1 heterocycles. The first-order chi connectivity index (χ1) is 7.77. The first-order valence-corrected chi connectivity index (χ1v) is 6.09. The summed E-state index contributed by atoms with van der Waals surface area (Å²) >= 11 is 0. The topological polar surface area (TPSA) is 45.2 Å². The van der Waals surface area contributed by atoms with Crippen LogP contribution >= 0.6 is 0 Å². The van der Waals surface area contributed by atoms with Gasteiger partial charge in [0.1, 0.15) is 0 Å². The second-order valence-electron chi connectivity index (χ2n) is 4.59. The molecule has 88 valence electrons. The minimum Gasteiger partial charge on any atom is -0.392 e. The fourth-order valence-electron chi connectivity index (χ4n) is 2.29. The average molecular weight is 220 g/mol. The molecule has 2 rings (SSSR count). The number of hydrogen-bond donors (Lipinski definition) is 2. The molecule has 1 aromatic heterocycles. The third-order valence-electron chi connectivity index (χ3n) is 3.40. The van der Waals surface area contributed by atoms with Gasteiger partial charge in [0.05, 0.1) is 6.10 Å². The summed E-state index contributed by atoms with van der Waals surface area (Å²) in [5.74, 6) is 0. The zero-order valence-electron chi connectivity index (χ0n) is 9.82. The van der Waals surface area contributed by atoms with Crippen LogP contribution in [0.15, 0.2) is 18.3 Å². The largest absolute Gasteiger partial charge is 0.392 e. The lowest BCUT2D eigenvalue weighted by Crippen LogP contribution is -2.41. The maximum absolute atomic E-state index is 9.84. The molecule has 0 aromatic carbocycles. The van der Waals surface area contributed by atoms with Crippen LogP contribution in [0.1, 0.15) is 36.9 Å². The third-order valence-corrected chi connectivity index (χ3v) is 3.40. The van der Waals surface area contributed by atoms with Crippen LogP contribution in [0.5, 0.6) is 0 Å². The van der Waals surface area contributed by atoms with Gasteiger partial charge in [-0.3, -0.25) is 4.98 Å². The van der Waals surface area contributed by atoms with Crippen molar-refractivity contribution in [3.63, 3.8) is 0 Å². The molecule has 0 bridgehead atoms. The Morgan fingerprint density at radius 3 is 3.00 bits per heavy atom. The molecule has 3 nitrogen and oxygen atoms in total. The van der Waals surface area contributed by atoms with Crippen molar-refractivity contribution in [2.75, 3.05) is 0 Å². The van der Waals surface area contributed by atoms with Crippen LogP contribution in [0.25, 0.3) is 0 Å². The van der Waals surface area contributed by atoms with E-state index in [-0.39, 0.29) is 12.1 Å². The molecular weight excluding hydrogens is 200 g/mol. The minimum absolute atomic E-state index is 0.175. The summed E-state index contributed by atoms with van der Waals surface area (Å²) < 4.78 is 0. The number of aromatic nitrogens is 1. The fraction of sp³-hybridized carbons (Fsp3) is 0.615. The van der Waals surface area contributed by atoms with Gasteiger partial charge in [-0.25, -0.2) is 0 Å². The van der Waals surface area contributed by atoms with Gasteiger partial charge in [0.25, 0.3) is 0 Å². The van der Waals surface area contributed by atoms with Gasteiger partial charge in [0.2, 0.25) is 0 Å². The highest BCUT2D eigenvalue weighted by Crippen LogP contribution is 2.18. The minimum atomic E-state index is -0.175. The number of aliphatic hydroxyl groups excluding tert-OH is 1. The van der Waals surface area contributed by atoms with E-state index in [1.165, 1.54) is 12.0 Å². The highest BCUT2D eigenvalue weighted by atomic mass is 16.3. The molecule has 0 radical (unpaired) electrons. The molecule has 2 unspecified atom stereocenters. The Bertz CT molecular complexity index is 340. The Labute approximate surface area is 96.9 Å². The van der Waals surface area contributed by atoms with Crippen LogP contribution in [0.2, 0.25) is 0 Å². The molecule has 1 saturated carbocycles. The van der Waals surface area contributed by atoms with E-state index in [1.807, 2.05) is 19.2 Å². The van der Waals surface area contributed by atoms with Crippen molar-refractivity contribution < 1.29 is 5.11 Å². The van der Waals surface area contributed by atoms with Gasteiger partial charge in [0, 0.05) is 24.5 Å². The molecule has 1 aliphatic rings. The lowest BCUT2D eigenvalue weighted by atomic mass is 9.92. The van der Waals surface area contributed by atoms with Crippen molar-refractivity contribution in [3.05, 3.63) is 29.6 Å². The van der Waals surface area contributed by atoms with Crippen molar-refractivity contribution in [3.8, 4) is 0 Å². The number of hydrogen-bond acceptors (Lipinski definition) is 3. The predicted octanol–water partition coefficient (Wildman–Crippen LogP) is 1.78. The highest BCUT2D eigenvalue weighted by molar-refractivity contribution is 5.18. The van der Waals surface area contributed by atoms with Crippen LogP contribution in [-0.2, 0) is 6.54 Å². The average Bonchev–Trinajstić information content (AvgIpc) is 2.30. The number of nitrogens with zero attached hydrogens (tertiary/aromatic N) is 1. The quantitative estimate of drug-likeness (QED) is 0.816. The van der Waals surface area contributed by atoms with E-state index in [9.17, 15) is 5.11 Å². The van der Waals surface area contributed by atoms with E-state index < -0.39 is 0 Å². The van der Waals surface area contributed by atoms with Crippen molar-refractivity contribution in [1.82, 2.24) is 10.3 Å². The molecule has 1 aliphatic carbocycles. The van der Waals surface area contributed by atoms with E-state index in [1.54, 1.807) is 0 Å². The Morgan fingerprint density at radius 2 is 2.25 bits per heavy atom. The number of pyridine rings is 1. The first kappa shape index (κ1) is 11.6. The van der Waals surface area contributed by atoms with E-state index in [0.29, 0.717) is 0 Å². The van der Waals surface area contributed by atoms with Crippen molar-refractivity contribution in [2.45, 2.75) is 51.3 Å². The summed E-state index contributed by atoms with van der Waals surface area (Å²) in [6, 6.07) is 4.31. The Balaban J connectivity index is 1.89. The van der Waals surface area contributed by atoms with Gasteiger partial charge in [-0.1, -0.05) is 18.9 Å². The second-order valence-corrected chi connectivity index (χ2v) is 4.59. The van der Waals surface area contributed by atoms with Crippen LogP contribution in [0, 0.1) is 6.92 Å².